The summed E-state index contributed by atoms with van der Waals surface area (Å²) in [5, 5.41) is 3.18. The van der Waals surface area contributed by atoms with E-state index in [0.717, 1.165) is 12.6 Å². The summed E-state index contributed by atoms with van der Waals surface area (Å²) >= 11 is 0. The van der Waals surface area contributed by atoms with E-state index < -0.39 is 8.56 Å². The van der Waals surface area contributed by atoms with Crippen molar-refractivity contribution in [3.63, 3.8) is 0 Å². The smallest absolute Gasteiger partial charge is 0.334 e. The number of rotatable bonds is 20. The molecule has 0 fully saturated rings. The van der Waals surface area contributed by atoms with Gasteiger partial charge in [0.1, 0.15) is 0 Å². The Balaban J connectivity index is 3.12. The van der Waals surface area contributed by atoms with Gasteiger partial charge >= 0.3 is 8.56 Å². The molecule has 0 aliphatic heterocycles. The number of nitrogens with one attached hydrogen (secondary N) is 1. The second kappa shape index (κ2) is 18.8. The molecule has 0 radical (unpaired) electrons. The molecule has 0 rings (SSSR count). The van der Waals surface area contributed by atoms with E-state index in [1.54, 1.807) is 14.2 Å². The maximum Gasteiger partial charge on any atom is 0.334 e. The Kier molecular flexibility index (Phi) is 18.9. The monoisotopic (exact) mass is 374 g/mol. The van der Waals surface area contributed by atoms with Crippen molar-refractivity contribution in [2.24, 2.45) is 5.73 Å². The third kappa shape index (κ3) is 17.2. The van der Waals surface area contributed by atoms with Crippen molar-refractivity contribution in [3.05, 3.63) is 0 Å². The SMILES string of the molecule is CO[Si](C)(CCCCCCCCCCCCCCCCNCN)OC. The molecule has 3 N–H and O–H groups in total. The lowest BCUT2D eigenvalue weighted by atomic mass is 10.0. The third-order valence-corrected chi connectivity index (χ3v) is 8.23. The zero-order valence-corrected chi connectivity index (χ0v) is 18.4. The Morgan fingerprint density at radius 2 is 1.00 bits per heavy atom. The summed E-state index contributed by atoms with van der Waals surface area (Å²) in [6.45, 7) is 3.85. The van der Waals surface area contributed by atoms with Crippen LogP contribution < -0.4 is 11.1 Å². The lowest BCUT2D eigenvalue weighted by Crippen LogP contribution is -2.35. The summed E-state index contributed by atoms with van der Waals surface area (Å²) in [5.74, 6) is 0. The topological polar surface area (TPSA) is 56.5 Å². The van der Waals surface area contributed by atoms with Crippen LogP contribution in [-0.2, 0) is 8.85 Å². The lowest BCUT2D eigenvalue weighted by Gasteiger charge is -2.22. The van der Waals surface area contributed by atoms with Crippen LogP contribution in [0.4, 0.5) is 0 Å². The van der Waals surface area contributed by atoms with E-state index in [4.69, 9.17) is 14.6 Å². The van der Waals surface area contributed by atoms with Gasteiger partial charge in [0.2, 0.25) is 0 Å². The van der Waals surface area contributed by atoms with Crippen LogP contribution in [0.2, 0.25) is 12.6 Å². The molecule has 0 aromatic carbocycles. The molecule has 0 aliphatic rings. The van der Waals surface area contributed by atoms with Gasteiger partial charge < -0.3 is 19.9 Å². The fraction of sp³-hybridized carbons (Fsp3) is 1.00. The first kappa shape index (κ1) is 25.1. The molecule has 0 saturated carbocycles. The fourth-order valence-corrected chi connectivity index (χ4v) is 4.67. The summed E-state index contributed by atoms with van der Waals surface area (Å²) in [7, 11) is 1.76. The molecule has 0 heterocycles. The molecule has 0 aromatic rings. The van der Waals surface area contributed by atoms with Gasteiger partial charge in [-0.3, -0.25) is 0 Å². The normalized spacial score (nSPS) is 12.0. The average Bonchev–Trinajstić information content (AvgIpc) is 2.64. The van der Waals surface area contributed by atoms with Crippen LogP contribution in [0.25, 0.3) is 0 Å². The molecule has 0 atom stereocenters. The van der Waals surface area contributed by atoms with Gasteiger partial charge in [0.15, 0.2) is 0 Å². The Morgan fingerprint density at radius 1 is 0.640 bits per heavy atom. The number of hydrogen-bond donors (Lipinski definition) is 2. The van der Waals surface area contributed by atoms with Crippen LogP contribution in [-0.4, -0.2) is 36.0 Å². The number of hydrogen-bond acceptors (Lipinski definition) is 4. The van der Waals surface area contributed by atoms with Crippen LogP contribution >= 0.6 is 0 Å². The van der Waals surface area contributed by atoms with E-state index in [2.05, 4.69) is 11.9 Å². The summed E-state index contributed by atoms with van der Waals surface area (Å²) < 4.78 is 11.1. The Morgan fingerprint density at radius 3 is 1.36 bits per heavy atom. The Bertz CT molecular complexity index is 264. The predicted octanol–water partition coefficient (Wildman–Crippen LogP) is 5.32. The number of unbranched alkanes of at least 4 members (excludes halogenated alkanes) is 13. The van der Waals surface area contributed by atoms with Gasteiger partial charge in [0.05, 0.1) is 0 Å². The minimum absolute atomic E-state index is 0.614. The van der Waals surface area contributed by atoms with Gasteiger partial charge in [0, 0.05) is 20.9 Å². The minimum Gasteiger partial charge on any atom is -0.398 e. The van der Waals surface area contributed by atoms with Crippen LogP contribution in [0.15, 0.2) is 0 Å². The third-order valence-electron chi connectivity index (χ3n) is 5.24. The largest absolute Gasteiger partial charge is 0.398 e. The van der Waals surface area contributed by atoms with Crippen molar-refractivity contribution in [3.8, 4) is 0 Å². The lowest BCUT2D eigenvalue weighted by molar-refractivity contribution is 0.248. The van der Waals surface area contributed by atoms with Gasteiger partial charge in [-0.25, -0.2) is 0 Å². The molecular weight excluding hydrogens is 328 g/mol. The summed E-state index contributed by atoms with van der Waals surface area (Å²) in [6, 6.07) is 1.13. The zero-order chi connectivity index (χ0) is 18.6. The van der Waals surface area contributed by atoms with Crippen molar-refractivity contribution in [1.29, 1.82) is 0 Å². The van der Waals surface area contributed by atoms with E-state index in [-0.39, 0.29) is 0 Å². The van der Waals surface area contributed by atoms with Gasteiger partial charge in [-0.15, -0.1) is 0 Å². The van der Waals surface area contributed by atoms with Crippen LogP contribution in [0.3, 0.4) is 0 Å². The highest BCUT2D eigenvalue weighted by molar-refractivity contribution is 6.65. The predicted molar refractivity (Wildman–Crippen MR) is 112 cm³/mol. The first-order valence-corrected chi connectivity index (χ1v) is 13.2. The maximum absolute atomic E-state index is 5.53. The van der Waals surface area contributed by atoms with Crippen molar-refractivity contribution < 1.29 is 8.85 Å². The zero-order valence-electron chi connectivity index (χ0n) is 17.4. The van der Waals surface area contributed by atoms with Gasteiger partial charge in [0.25, 0.3) is 0 Å². The fourth-order valence-electron chi connectivity index (χ4n) is 3.21. The standard InChI is InChI=1S/C20H46N2O2Si/c1-23-25(3,24-2)19-17-15-13-11-9-7-5-4-6-8-10-12-14-16-18-22-20-21/h22H,4-21H2,1-3H3. The van der Waals surface area contributed by atoms with Crippen LogP contribution in [0.5, 0.6) is 0 Å². The Labute approximate surface area is 158 Å². The molecule has 0 amide bonds. The average molecular weight is 375 g/mol. The molecule has 0 aromatic heterocycles. The Hall–Kier alpha value is 0.0569. The van der Waals surface area contributed by atoms with E-state index >= 15 is 0 Å². The summed E-state index contributed by atoms with van der Waals surface area (Å²) in [6.07, 6.45) is 19.3. The second-order valence-electron chi connectivity index (χ2n) is 7.45. The molecule has 0 aliphatic carbocycles. The maximum atomic E-state index is 5.53. The highest BCUT2D eigenvalue weighted by atomic mass is 28.4. The highest BCUT2D eigenvalue weighted by Gasteiger charge is 2.27. The van der Waals surface area contributed by atoms with E-state index in [1.165, 1.54) is 89.9 Å². The van der Waals surface area contributed by atoms with Crippen LogP contribution in [0, 0.1) is 0 Å². The molecule has 4 nitrogen and oxygen atoms in total. The van der Waals surface area contributed by atoms with Gasteiger partial charge in [-0.1, -0.05) is 83.5 Å². The second-order valence-corrected chi connectivity index (χ2v) is 11.0. The first-order chi connectivity index (χ1) is 12.2. The van der Waals surface area contributed by atoms with E-state index in [9.17, 15) is 0 Å². The minimum atomic E-state index is -1.81. The molecule has 25 heavy (non-hydrogen) atoms. The quantitative estimate of drug-likeness (QED) is 0.172. The molecule has 0 unspecified atom stereocenters. The van der Waals surface area contributed by atoms with Gasteiger partial charge in [-0.2, -0.15) is 0 Å². The molecule has 5 heteroatoms. The van der Waals surface area contributed by atoms with Crippen LogP contribution in [0.1, 0.15) is 89.9 Å². The first-order valence-electron chi connectivity index (χ1n) is 10.7. The summed E-state index contributed by atoms with van der Waals surface area (Å²) in [5.41, 5.74) is 5.40. The molecule has 0 saturated heterocycles. The van der Waals surface area contributed by atoms with Crippen molar-refractivity contribution in [1.82, 2.24) is 5.32 Å². The van der Waals surface area contributed by atoms with Crippen molar-refractivity contribution >= 4 is 8.56 Å². The van der Waals surface area contributed by atoms with E-state index in [0.29, 0.717) is 6.67 Å². The molecule has 0 spiro atoms. The van der Waals surface area contributed by atoms with Crippen molar-refractivity contribution in [2.45, 2.75) is 102 Å². The molecule has 152 valence electrons. The molecule has 0 bridgehead atoms. The number of nitrogens with two attached hydrogens (primary N) is 1. The van der Waals surface area contributed by atoms with Crippen molar-refractivity contribution in [2.75, 3.05) is 27.4 Å². The van der Waals surface area contributed by atoms with Gasteiger partial charge in [-0.05, 0) is 25.6 Å². The molecular formula is C20H46N2O2Si. The van der Waals surface area contributed by atoms with E-state index in [1.807, 2.05) is 0 Å². The highest BCUT2D eigenvalue weighted by Crippen LogP contribution is 2.18. The summed E-state index contributed by atoms with van der Waals surface area (Å²) in [4.78, 5) is 0.